The quantitative estimate of drug-likeness (QED) is 0.681. The number of rotatable bonds is 2. The molecule has 1 aromatic carbocycles. The molecule has 0 radical (unpaired) electrons. The minimum absolute atomic E-state index is 0.279. The molecule has 3 saturated heterocycles. The zero-order chi connectivity index (χ0) is 14.4. The van der Waals surface area contributed by atoms with Gasteiger partial charge in [0.05, 0.1) is 0 Å². The van der Waals surface area contributed by atoms with E-state index in [1.165, 1.54) is 50.3 Å². The minimum atomic E-state index is -0.279. The van der Waals surface area contributed by atoms with E-state index < -0.39 is 0 Å². The average molecular weight is 284 g/mol. The van der Waals surface area contributed by atoms with Gasteiger partial charge in [0.1, 0.15) is 5.75 Å². The summed E-state index contributed by atoms with van der Waals surface area (Å²) >= 11 is 0. The van der Waals surface area contributed by atoms with Crippen molar-refractivity contribution in [3.8, 4) is 5.75 Å². The first-order chi connectivity index (χ1) is 10.2. The second kappa shape index (κ2) is 4.88. The normalized spacial score (nSPS) is 28.0. The van der Waals surface area contributed by atoms with Gasteiger partial charge in [0, 0.05) is 42.6 Å². The van der Waals surface area contributed by atoms with Gasteiger partial charge in [0.25, 0.3) is 0 Å². The van der Waals surface area contributed by atoms with Gasteiger partial charge in [-0.25, -0.2) is 0 Å². The van der Waals surface area contributed by atoms with Crippen molar-refractivity contribution in [1.82, 2.24) is 9.88 Å². The number of H-pyrrole nitrogens is 1. The van der Waals surface area contributed by atoms with Gasteiger partial charge in [-0.15, -0.1) is 0 Å². The molecule has 0 spiro atoms. The smallest absolute Gasteiger partial charge is 0.308 e. The van der Waals surface area contributed by atoms with Crippen molar-refractivity contribution in [3.05, 3.63) is 30.0 Å². The predicted molar refractivity (Wildman–Crippen MR) is 81.5 cm³/mol. The van der Waals surface area contributed by atoms with E-state index in [1.807, 2.05) is 12.1 Å². The highest BCUT2D eigenvalue weighted by molar-refractivity contribution is 5.85. The van der Waals surface area contributed by atoms with Crippen molar-refractivity contribution >= 4 is 16.9 Å². The Morgan fingerprint density at radius 1 is 1.33 bits per heavy atom. The van der Waals surface area contributed by atoms with Crippen molar-refractivity contribution < 1.29 is 9.53 Å². The van der Waals surface area contributed by atoms with Crippen LogP contribution in [0.5, 0.6) is 5.75 Å². The summed E-state index contributed by atoms with van der Waals surface area (Å²) in [6, 6.07) is 5.89. The standard InChI is InChI=1S/C17H20N2O2/c1-11(20)21-13-2-3-14-15(9-18-17(14)8-13)16-10-19-6-4-12(16)5-7-19/h2-3,8-9,12,16,18H,4-7,10H2,1H3. The summed E-state index contributed by atoms with van der Waals surface area (Å²) in [6.45, 7) is 5.14. The lowest BCUT2D eigenvalue weighted by Crippen LogP contribution is -2.46. The number of fused-ring (bicyclic) bond motifs is 4. The topological polar surface area (TPSA) is 45.3 Å². The summed E-state index contributed by atoms with van der Waals surface area (Å²) in [5, 5.41) is 1.27. The molecule has 2 aromatic rings. The molecule has 4 heterocycles. The molecule has 4 heteroatoms. The largest absolute Gasteiger partial charge is 0.427 e. The zero-order valence-electron chi connectivity index (χ0n) is 12.3. The summed E-state index contributed by atoms with van der Waals surface area (Å²) in [5.74, 6) is 1.79. The molecule has 1 atom stereocenters. The molecule has 0 amide bonds. The van der Waals surface area contributed by atoms with E-state index in [9.17, 15) is 4.79 Å². The first-order valence-corrected chi connectivity index (χ1v) is 7.72. The number of nitrogens with one attached hydrogen (secondary N) is 1. The average Bonchev–Trinajstić information content (AvgIpc) is 2.90. The molecule has 5 rings (SSSR count). The van der Waals surface area contributed by atoms with Gasteiger partial charge >= 0.3 is 5.97 Å². The van der Waals surface area contributed by atoms with Crippen LogP contribution in [0.15, 0.2) is 24.4 Å². The lowest BCUT2D eigenvalue weighted by Gasteiger charge is -2.44. The molecule has 1 aromatic heterocycles. The van der Waals surface area contributed by atoms with Crippen molar-refractivity contribution in [3.63, 3.8) is 0 Å². The molecule has 0 aliphatic carbocycles. The van der Waals surface area contributed by atoms with Crippen LogP contribution in [0.4, 0.5) is 0 Å². The van der Waals surface area contributed by atoms with Crippen LogP contribution in [0, 0.1) is 5.92 Å². The lowest BCUT2D eigenvalue weighted by molar-refractivity contribution is -0.131. The number of hydrogen-bond donors (Lipinski definition) is 1. The molecule has 4 nitrogen and oxygen atoms in total. The molecule has 1 unspecified atom stereocenters. The second-order valence-electron chi connectivity index (χ2n) is 6.29. The summed E-state index contributed by atoms with van der Waals surface area (Å²) in [7, 11) is 0. The third-order valence-electron chi connectivity index (χ3n) is 5.00. The van der Waals surface area contributed by atoms with Gasteiger partial charge in [-0.2, -0.15) is 0 Å². The molecule has 2 bridgehead atoms. The summed E-state index contributed by atoms with van der Waals surface area (Å²) < 4.78 is 5.16. The molecule has 21 heavy (non-hydrogen) atoms. The fraction of sp³-hybridized carbons (Fsp3) is 0.471. The number of aromatic nitrogens is 1. The highest BCUT2D eigenvalue weighted by Crippen LogP contribution is 2.41. The van der Waals surface area contributed by atoms with Crippen molar-refractivity contribution in [1.29, 1.82) is 0 Å². The fourth-order valence-corrected chi connectivity index (χ4v) is 3.98. The van der Waals surface area contributed by atoms with Crippen molar-refractivity contribution in [2.75, 3.05) is 19.6 Å². The van der Waals surface area contributed by atoms with Crippen LogP contribution in [-0.4, -0.2) is 35.5 Å². The van der Waals surface area contributed by atoms with E-state index in [4.69, 9.17) is 4.74 Å². The van der Waals surface area contributed by atoms with Gasteiger partial charge in [-0.1, -0.05) is 0 Å². The Bertz CT molecular complexity index is 683. The van der Waals surface area contributed by atoms with Gasteiger partial charge in [-0.05, 0) is 49.5 Å². The van der Waals surface area contributed by atoms with Crippen LogP contribution in [0.3, 0.4) is 0 Å². The maximum absolute atomic E-state index is 11.1. The van der Waals surface area contributed by atoms with Crippen molar-refractivity contribution in [2.45, 2.75) is 25.7 Å². The molecule has 0 saturated carbocycles. The Morgan fingerprint density at radius 2 is 2.14 bits per heavy atom. The number of benzene rings is 1. The van der Waals surface area contributed by atoms with E-state index in [-0.39, 0.29) is 5.97 Å². The Hall–Kier alpha value is -1.81. The third-order valence-corrected chi connectivity index (χ3v) is 5.00. The van der Waals surface area contributed by atoms with Gasteiger partial charge in [-0.3, -0.25) is 4.79 Å². The van der Waals surface area contributed by atoms with Gasteiger partial charge in [0.15, 0.2) is 0 Å². The van der Waals surface area contributed by atoms with E-state index in [0.717, 1.165) is 11.4 Å². The first-order valence-electron chi connectivity index (χ1n) is 7.72. The Labute approximate surface area is 124 Å². The van der Waals surface area contributed by atoms with Crippen LogP contribution in [0.25, 0.3) is 10.9 Å². The van der Waals surface area contributed by atoms with E-state index in [0.29, 0.717) is 11.7 Å². The SMILES string of the molecule is CC(=O)Oc1ccc2c(C3CN4CCC3CC4)c[nH]c2c1. The van der Waals surface area contributed by atoms with Crippen molar-refractivity contribution in [2.24, 2.45) is 5.92 Å². The molecular formula is C17H20N2O2. The van der Waals surface area contributed by atoms with Crippen LogP contribution in [0.2, 0.25) is 0 Å². The monoisotopic (exact) mass is 284 g/mol. The zero-order valence-corrected chi connectivity index (χ0v) is 12.3. The summed E-state index contributed by atoms with van der Waals surface area (Å²) in [6.07, 6.45) is 4.79. The number of nitrogens with zero attached hydrogens (tertiary/aromatic N) is 1. The number of hydrogen-bond acceptors (Lipinski definition) is 3. The third kappa shape index (κ3) is 2.23. The molecule has 3 aliphatic rings. The Balaban J connectivity index is 1.68. The number of carbonyl (C=O) groups excluding carboxylic acids is 1. The number of ether oxygens (including phenoxy) is 1. The van der Waals surface area contributed by atoms with Crippen LogP contribution in [-0.2, 0) is 4.79 Å². The number of piperidine rings is 3. The summed E-state index contributed by atoms with van der Waals surface area (Å²) in [5.41, 5.74) is 2.48. The molecule has 3 aliphatic heterocycles. The maximum Gasteiger partial charge on any atom is 0.308 e. The van der Waals surface area contributed by atoms with Gasteiger partial charge in [0.2, 0.25) is 0 Å². The Morgan fingerprint density at radius 3 is 2.81 bits per heavy atom. The van der Waals surface area contributed by atoms with E-state index >= 15 is 0 Å². The number of aromatic amines is 1. The number of esters is 1. The van der Waals surface area contributed by atoms with Crippen LogP contribution >= 0.6 is 0 Å². The fourth-order valence-electron chi connectivity index (χ4n) is 3.98. The predicted octanol–water partition coefficient (Wildman–Crippen LogP) is 2.90. The second-order valence-corrected chi connectivity index (χ2v) is 6.29. The Kier molecular flexibility index (Phi) is 3.00. The lowest BCUT2D eigenvalue weighted by atomic mass is 9.75. The molecular weight excluding hydrogens is 264 g/mol. The summed E-state index contributed by atoms with van der Waals surface area (Å²) in [4.78, 5) is 17.0. The highest BCUT2D eigenvalue weighted by Gasteiger charge is 2.35. The minimum Gasteiger partial charge on any atom is -0.427 e. The van der Waals surface area contributed by atoms with Crippen LogP contribution in [0.1, 0.15) is 31.2 Å². The van der Waals surface area contributed by atoms with E-state index in [1.54, 1.807) is 0 Å². The molecule has 1 N–H and O–H groups in total. The van der Waals surface area contributed by atoms with E-state index in [2.05, 4.69) is 22.1 Å². The maximum atomic E-state index is 11.1. The molecule has 3 fully saturated rings. The highest BCUT2D eigenvalue weighted by atomic mass is 16.5. The van der Waals surface area contributed by atoms with Gasteiger partial charge < -0.3 is 14.6 Å². The van der Waals surface area contributed by atoms with Crippen LogP contribution < -0.4 is 4.74 Å². The molecule has 110 valence electrons. The first kappa shape index (κ1) is 12.9. The number of carbonyl (C=O) groups is 1.